The van der Waals surface area contributed by atoms with Crippen molar-refractivity contribution < 1.29 is 12.7 Å². The summed E-state index contributed by atoms with van der Waals surface area (Å²) in [5.74, 6) is 0. The Morgan fingerprint density at radius 2 is 2.00 bits per heavy atom. The van der Waals surface area contributed by atoms with E-state index in [2.05, 4.69) is 21.3 Å². The summed E-state index contributed by atoms with van der Waals surface area (Å²) in [4.78, 5) is 0.0515. The second-order valence-corrected chi connectivity index (χ2v) is 4.56. The highest BCUT2D eigenvalue weighted by molar-refractivity contribution is 7.86. The zero-order chi connectivity index (χ0) is 12.0. The first kappa shape index (κ1) is 12.4. The highest BCUT2D eigenvalue weighted by Gasteiger charge is 2.14. The van der Waals surface area contributed by atoms with Gasteiger partial charge < -0.3 is 0 Å². The third-order valence-electron chi connectivity index (χ3n) is 1.71. The molecule has 6 heteroatoms. The van der Waals surface area contributed by atoms with E-state index in [1.807, 2.05) is 6.92 Å². The molecule has 0 saturated heterocycles. The van der Waals surface area contributed by atoms with Crippen LogP contribution in [-0.4, -0.2) is 15.0 Å². The van der Waals surface area contributed by atoms with Crippen molar-refractivity contribution in [2.45, 2.75) is 11.8 Å². The quantitative estimate of drug-likeness (QED) is 0.450. The molecule has 0 aliphatic carbocycles. The first-order valence-electron chi connectivity index (χ1n) is 4.54. The van der Waals surface area contributed by atoms with E-state index in [1.165, 1.54) is 18.2 Å². The van der Waals surface area contributed by atoms with Crippen molar-refractivity contribution in [3.8, 4) is 0 Å². The van der Waals surface area contributed by atoms with Crippen LogP contribution in [0.5, 0.6) is 0 Å². The van der Waals surface area contributed by atoms with E-state index in [1.54, 1.807) is 12.1 Å². The lowest BCUT2D eigenvalue weighted by atomic mass is 10.2. The lowest BCUT2D eigenvalue weighted by Crippen LogP contribution is -2.01. The van der Waals surface area contributed by atoms with Gasteiger partial charge in [-0.15, -0.1) is 11.7 Å². The maximum atomic E-state index is 11.5. The molecule has 0 bridgehead atoms. The van der Waals surface area contributed by atoms with Crippen molar-refractivity contribution in [1.82, 2.24) is 0 Å². The van der Waals surface area contributed by atoms with Crippen LogP contribution in [0.4, 0.5) is 0 Å². The third-order valence-corrected chi connectivity index (χ3v) is 2.82. The molecule has 86 valence electrons. The molecule has 0 amide bonds. The van der Waals surface area contributed by atoms with E-state index in [4.69, 9.17) is 0 Å². The van der Waals surface area contributed by atoms with Crippen LogP contribution in [0.2, 0.25) is 0 Å². The minimum atomic E-state index is -3.85. The SMILES string of the molecule is C=CCN=NOS(=O)(=O)c1ccc(C)cc1. The highest BCUT2D eigenvalue weighted by Crippen LogP contribution is 2.13. The van der Waals surface area contributed by atoms with E-state index in [0.29, 0.717) is 0 Å². The summed E-state index contributed by atoms with van der Waals surface area (Å²) < 4.78 is 27.3. The third kappa shape index (κ3) is 3.47. The van der Waals surface area contributed by atoms with Crippen LogP contribution in [-0.2, 0) is 14.4 Å². The number of hydrogen-bond donors (Lipinski definition) is 0. The number of rotatable bonds is 5. The topological polar surface area (TPSA) is 68.1 Å². The Morgan fingerprint density at radius 1 is 1.38 bits per heavy atom. The first-order valence-corrected chi connectivity index (χ1v) is 5.95. The average Bonchev–Trinajstić information content (AvgIpc) is 2.25. The molecule has 0 aromatic heterocycles. The molecule has 0 radical (unpaired) electrons. The van der Waals surface area contributed by atoms with Crippen molar-refractivity contribution in [3.05, 3.63) is 42.5 Å². The Kier molecular flexibility index (Phi) is 4.19. The zero-order valence-corrected chi connectivity index (χ0v) is 9.64. The average molecular weight is 240 g/mol. The summed E-state index contributed by atoms with van der Waals surface area (Å²) >= 11 is 0. The predicted molar refractivity (Wildman–Crippen MR) is 59.4 cm³/mol. The molecule has 0 unspecified atom stereocenters. The number of nitrogens with zero attached hydrogens (tertiary/aromatic N) is 2. The molecule has 0 spiro atoms. The van der Waals surface area contributed by atoms with Gasteiger partial charge in [0.1, 0.15) is 4.90 Å². The molecule has 0 heterocycles. The van der Waals surface area contributed by atoms with Crippen molar-refractivity contribution in [1.29, 1.82) is 0 Å². The Balaban J connectivity index is 2.78. The maximum Gasteiger partial charge on any atom is 0.359 e. The monoisotopic (exact) mass is 240 g/mol. The van der Waals surface area contributed by atoms with Crippen LogP contribution in [0.25, 0.3) is 0 Å². The van der Waals surface area contributed by atoms with Gasteiger partial charge in [0, 0.05) is 5.28 Å². The van der Waals surface area contributed by atoms with Gasteiger partial charge in [-0.2, -0.15) is 8.42 Å². The molecule has 5 nitrogen and oxygen atoms in total. The van der Waals surface area contributed by atoms with Crippen LogP contribution in [0.15, 0.2) is 52.2 Å². The normalized spacial score (nSPS) is 11.6. The predicted octanol–water partition coefficient (Wildman–Crippen LogP) is 2.25. The Labute approximate surface area is 94.6 Å². The molecule has 1 aromatic carbocycles. The molecule has 0 fully saturated rings. The van der Waals surface area contributed by atoms with Crippen molar-refractivity contribution in [2.24, 2.45) is 10.4 Å². The number of benzene rings is 1. The van der Waals surface area contributed by atoms with Gasteiger partial charge in [0.05, 0.1) is 6.54 Å². The van der Waals surface area contributed by atoms with Gasteiger partial charge in [0.15, 0.2) is 0 Å². The van der Waals surface area contributed by atoms with Crippen LogP contribution >= 0.6 is 0 Å². The summed E-state index contributed by atoms with van der Waals surface area (Å²) in [5, 5.41) is 6.52. The lowest BCUT2D eigenvalue weighted by molar-refractivity contribution is 0.309. The van der Waals surface area contributed by atoms with E-state index >= 15 is 0 Å². The van der Waals surface area contributed by atoms with Crippen LogP contribution in [0.3, 0.4) is 0 Å². The Hall–Kier alpha value is -1.69. The first-order chi connectivity index (χ1) is 7.56. The van der Waals surface area contributed by atoms with Gasteiger partial charge in [-0.1, -0.05) is 23.8 Å². The molecular weight excluding hydrogens is 228 g/mol. The number of hydrogen-bond acceptors (Lipinski definition) is 5. The molecule has 0 aliphatic rings. The van der Waals surface area contributed by atoms with Crippen molar-refractivity contribution in [3.63, 3.8) is 0 Å². The van der Waals surface area contributed by atoms with Gasteiger partial charge in [-0.3, -0.25) is 0 Å². The number of aryl methyl sites for hydroxylation is 1. The van der Waals surface area contributed by atoms with E-state index in [-0.39, 0.29) is 11.4 Å². The summed E-state index contributed by atoms with van der Waals surface area (Å²) in [7, 11) is -3.85. The molecule has 1 aromatic rings. The molecule has 0 saturated carbocycles. The maximum absolute atomic E-state index is 11.5. The van der Waals surface area contributed by atoms with E-state index in [0.717, 1.165) is 5.56 Å². The standard InChI is InChI=1S/C10H12N2O3S/c1-3-8-11-12-15-16(13,14)10-6-4-9(2)5-7-10/h3-7H,1,8H2,2H3. The molecule has 0 atom stereocenters. The summed E-state index contributed by atoms with van der Waals surface area (Å²) in [6.45, 7) is 5.48. The molecule has 0 aliphatic heterocycles. The Morgan fingerprint density at radius 3 is 2.56 bits per heavy atom. The van der Waals surface area contributed by atoms with Crippen molar-refractivity contribution >= 4 is 10.1 Å². The van der Waals surface area contributed by atoms with Crippen LogP contribution in [0.1, 0.15) is 5.56 Å². The molecular formula is C10H12N2O3S. The summed E-state index contributed by atoms with van der Waals surface area (Å²) in [6, 6.07) is 6.26. The highest BCUT2D eigenvalue weighted by atomic mass is 32.2. The van der Waals surface area contributed by atoms with Gasteiger partial charge in [0.25, 0.3) is 0 Å². The van der Waals surface area contributed by atoms with E-state index < -0.39 is 10.1 Å². The summed E-state index contributed by atoms with van der Waals surface area (Å²) in [6.07, 6.45) is 1.48. The van der Waals surface area contributed by atoms with E-state index in [9.17, 15) is 8.42 Å². The molecule has 1 rings (SSSR count). The van der Waals surface area contributed by atoms with Crippen LogP contribution in [0, 0.1) is 6.92 Å². The Bertz CT molecular complexity index is 477. The zero-order valence-electron chi connectivity index (χ0n) is 8.83. The minimum Gasteiger partial charge on any atom is -0.245 e. The fraction of sp³-hybridized carbons (Fsp3) is 0.200. The van der Waals surface area contributed by atoms with Gasteiger partial charge in [-0.05, 0) is 19.1 Å². The fourth-order valence-electron chi connectivity index (χ4n) is 0.906. The lowest BCUT2D eigenvalue weighted by Gasteiger charge is -2.00. The van der Waals surface area contributed by atoms with Gasteiger partial charge in [0.2, 0.25) is 0 Å². The largest absolute Gasteiger partial charge is 0.359 e. The van der Waals surface area contributed by atoms with Crippen LogP contribution < -0.4 is 0 Å². The second kappa shape index (κ2) is 5.41. The second-order valence-electron chi connectivity index (χ2n) is 3.04. The molecule has 0 N–H and O–H groups in total. The fourth-order valence-corrected chi connectivity index (χ4v) is 1.60. The van der Waals surface area contributed by atoms with Gasteiger partial charge in [-0.25, -0.2) is 4.28 Å². The van der Waals surface area contributed by atoms with Gasteiger partial charge >= 0.3 is 10.1 Å². The molecule has 16 heavy (non-hydrogen) atoms. The minimum absolute atomic E-state index is 0.0515. The summed E-state index contributed by atoms with van der Waals surface area (Å²) in [5.41, 5.74) is 0.965. The van der Waals surface area contributed by atoms with Crippen molar-refractivity contribution in [2.75, 3.05) is 6.54 Å². The smallest absolute Gasteiger partial charge is 0.245 e.